The van der Waals surface area contributed by atoms with Crippen LogP contribution in [0.25, 0.3) is 0 Å². The van der Waals surface area contributed by atoms with Crippen LogP contribution < -0.4 is 15.8 Å². The van der Waals surface area contributed by atoms with Crippen LogP contribution in [-0.4, -0.2) is 24.5 Å². The Morgan fingerprint density at radius 3 is 2.64 bits per heavy atom. The van der Waals surface area contributed by atoms with Crippen molar-refractivity contribution in [1.29, 1.82) is 0 Å². The molecule has 0 saturated carbocycles. The van der Waals surface area contributed by atoms with Crippen LogP contribution in [0, 0.1) is 0 Å². The molecule has 6 heteroatoms. The topological polar surface area (TPSA) is 77.2 Å². The molecule has 1 aromatic heterocycles. The maximum absolute atomic E-state index is 12.0. The third kappa shape index (κ3) is 5.02. The average Bonchev–Trinajstić information content (AvgIpc) is 2.55. The second kappa shape index (κ2) is 9.02. The number of nitrogens with one attached hydrogen (secondary N) is 1. The molecule has 5 nitrogen and oxygen atoms in total. The average molecular weight is 322 g/mol. The lowest BCUT2D eigenvalue weighted by Crippen LogP contribution is -2.26. The number of rotatable bonds is 6. The number of aromatic nitrogens is 1. The molecule has 22 heavy (non-hydrogen) atoms. The summed E-state index contributed by atoms with van der Waals surface area (Å²) in [4.78, 5) is 16.1. The van der Waals surface area contributed by atoms with E-state index in [4.69, 9.17) is 10.5 Å². The summed E-state index contributed by atoms with van der Waals surface area (Å²) in [6.07, 6.45) is 2.37. The highest BCUT2D eigenvalue weighted by Gasteiger charge is 2.06. The lowest BCUT2D eigenvalue weighted by atomic mass is 10.1. The Morgan fingerprint density at radius 2 is 2.00 bits per heavy atom. The molecule has 0 unspecified atom stereocenters. The van der Waals surface area contributed by atoms with E-state index >= 15 is 0 Å². The minimum atomic E-state index is -0.111. The molecule has 2 aromatic rings. The van der Waals surface area contributed by atoms with E-state index in [2.05, 4.69) is 10.3 Å². The van der Waals surface area contributed by atoms with Crippen LogP contribution in [0.1, 0.15) is 21.6 Å². The van der Waals surface area contributed by atoms with Crippen LogP contribution in [0.15, 0.2) is 42.6 Å². The highest BCUT2D eigenvalue weighted by Crippen LogP contribution is 2.11. The number of hydrogen-bond donors (Lipinski definition) is 2. The number of benzene rings is 1. The molecule has 118 valence electrons. The van der Waals surface area contributed by atoms with Crippen LogP contribution in [-0.2, 0) is 13.0 Å². The highest BCUT2D eigenvalue weighted by molar-refractivity contribution is 5.94. The number of hydrogen-bond acceptors (Lipinski definition) is 4. The second-order valence-electron chi connectivity index (χ2n) is 4.59. The fourth-order valence-corrected chi connectivity index (χ4v) is 1.95. The normalized spacial score (nSPS) is 9.73. The Morgan fingerprint density at radius 1 is 1.27 bits per heavy atom. The minimum absolute atomic E-state index is 0. The van der Waals surface area contributed by atoms with Gasteiger partial charge in [0.2, 0.25) is 0 Å². The van der Waals surface area contributed by atoms with Gasteiger partial charge in [-0.25, -0.2) is 0 Å². The monoisotopic (exact) mass is 321 g/mol. The molecule has 0 saturated heterocycles. The number of halogens is 1. The largest absolute Gasteiger partial charge is 0.497 e. The smallest absolute Gasteiger partial charge is 0.251 e. The van der Waals surface area contributed by atoms with Gasteiger partial charge in [-0.1, -0.05) is 12.1 Å². The fraction of sp³-hybridized carbons (Fsp3) is 0.250. The minimum Gasteiger partial charge on any atom is -0.497 e. The van der Waals surface area contributed by atoms with Crippen molar-refractivity contribution in [2.24, 2.45) is 5.73 Å². The molecule has 0 atom stereocenters. The molecule has 0 radical (unpaired) electrons. The predicted molar refractivity (Wildman–Crippen MR) is 88.4 cm³/mol. The molecule has 0 aliphatic carbocycles. The number of pyridine rings is 1. The van der Waals surface area contributed by atoms with Crippen LogP contribution in [0.4, 0.5) is 0 Å². The Labute approximate surface area is 136 Å². The first-order chi connectivity index (χ1) is 10.2. The van der Waals surface area contributed by atoms with Crippen LogP contribution in [0.3, 0.4) is 0 Å². The quantitative estimate of drug-likeness (QED) is 0.852. The van der Waals surface area contributed by atoms with Gasteiger partial charge in [0.1, 0.15) is 5.75 Å². The molecule has 2 rings (SSSR count). The van der Waals surface area contributed by atoms with E-state index in [1.807, 2.05) is 24.3 Å². The Kier molecular flexibility index (Phi) is 7.36. The zero-order valence-electron chi connectivity index (χ0n) is 12.4. The molecule has 1 aromatic carbocycles. The van der Waals surface area contributed by atoms with Gasteiger partial charge < -0.3 is 15.8 Å². The van der Waals surface area contributed by atoms with E-state index in [9.17, 15) is 4.79 Å². The zero-order chi connectivity index (χ0) is 15.1. The van der Waals surface area contributed by atoms with Gasteiger partial charge in [-0.3, -0.25) is 9.78 Å². The third-order valence-electron chi connectivity index (χ3n) is 3.15. The molecule has 0 aliphatic heterocycles. The Bertz CT molecular complexity index is 603. The van der Waals surface area contributed by atoms with Gasteiger partial charge >= 0.3 is 0 Å². The molecule has 0 fully saturated rings. The highest BCUT2D eigenvalue weighted by atomic mass is 35.5. The second-order valence-corrected chi connectivity index (χ2v) is 4.59. The van der Waals surface area contributed by atoms with Crippen molar-refractivity contribution < 1.29 is 9.53 Å². The maximum atomic E-state index is 12.0. The molecule has 0 bridgehead atoms. The summed E-state index contributed by atoms with van der Waals surface area (Å²) in [5, 5.41) is 2.89. The number of amides is 1. The summed E-state index contributed by atoms with van der Waals surface area (Å²) < 4.78 is 5.11. The van der Waals surface area contributed by atoms with Gasteiger partial charge in [-0.2, -0.15) is 0 Å². The standard InChI is InChI=1S/C16H19N3O2.ClH/c1-21-15-4-2-12(3-5-15)6-8-19-16(20)13-7-9-18-14(10-13)11-17;/h2-5,7,9-10H,6,8,11,17H2,1H3,(H,19,20);1H. The van der Waals surface area contributed by atoms with Crippen LogP contribution in [0.5, 0.6) is 5.75 Å². The number of nitrogens with two attached hydrogens (primary N) is 1. The predicted octanol–water partition coefficient (Wildman–Crippen LogP) is 1.94. The number of nitrogens with zero attached hydrogens (tertiary/aromatic N) is 1. The zero-order valence-corrected chi connectivity index (χ0v) is 13.2. The maximum Gasteiger partial charge on any atom is 0.251 e. The number of methoxy groups -OCH3 is 1. The van der Waals surface area contributed by atoms with Crippen molar-refractivity contribution in [2.45, 2.75) is 13.0 Å². The van der Waals surface area contributed by atoms with Crippen molar-refractivity contribution in [1.82, 2.24) is 10.3 Å². The summed E-state index contributed by atoms with van der Waals surface area (Å²) >= 11 is 0. The van der Waals surface area contributed by atoms with Gasteiger partial charge in [-0.05, 0) is 36.2 Å². The number of ether oxygens (including phenoxy) is 1. The summed E-state index contributed by atoms with van der Waals surface area (Å²) in [5.74, 6) is 0.717. The van der Waals surface area contributed by atoms with E-state index in [1.165, 1.54) is 0 Å². The first-order valence-electron chi connectivity index (χ1n) is 6.79. The molecule has 0 aliphatic rings. The summed E-state index contributed by atoms with van der Waals surface area (Å²) in [5.41, 5.74) is 7.95. The molecular formula is C16H20ClN3O2. The van der Waals surface area contributed by atoms with Crippen molar-refractivity contribution >= 4 is 18.3 Å². The molecule has 1 heterocycles. The van der Waals surface area contributed by atoms with E-state index in [1.54, 1.807) is 25.4 Å². The molecule has 1 amide bonds. The van der Waals surface area contributed by atoms with Crippen molar-refractivity contribution in [3.63, 3.8) is 0 Å². The first-order valence-corrected chi connectivity index (χ1v) is 6.79. The summed E-state index contributed by atoms with van der Waals surface area (Å²) in [6, 6.07) is 11.2. The van der Waals surface area contributed by atoms with E-state index in [0.29, 0.717) is 24.3 Å². The van der Waals surface area contributed by atoms with E-state index in [0.717, 1.165) is 17.7 Å². The number of carbonyl (C=O) groups excluding carboxylic acids is 1. The number of carbonyl (C=O) groups is 1. The van der Waals surface area contributed by atoms with E-state index < -0.39 is 0 Å². The fourth-order valence-electron chi connectivity index (χ4n) is 1.95. The van der Waals surface area contributed by atoms with E-state index in [-0.39, 0.29) is 18.3 Å². The molecule has 0 spiro atoms. The lowest BCUT2D eigenvalue weighted by molar-refractivity contribution is 0.0954. The van der Waals surface area contributed by atoms with Crippen molar-refractivity contribution in [3.05, 3.63) is 59.4 Å². The van der Waals surface area contributed by atoms with Gasteiger partial charge in [0.15, 0.2) is 0 Å². The van der Waals surface area contributed by atoms with Crippen molar-refractivity contribution in [2.75, 3.05) is 13.7 Å². The third-order valence-corrected chi connectivity index (χ3v) is 3.15. The molecular weight excluding hydrogens is 302 g/mol. The Balaban J connectivity index is 0.00000242. The Hall–Kier alpha value is -2.11. The van der Waals surface area contributed by atoms with Crippen molar-refractivity contribution in [3.8, 4) is 5.75 Å². The van der Waals surface area contributed by atoms with Crippen LogP contribution in [0.2, 0.25) is 0 Å². The lowest BCUT2D eigenvalue weighted by Gasteiger charge is -2.07. The summed E-state index contributed by atoms with van der Waals surface area (Å²) in [7, 11) is 1.64. The SMILES string of the molecule is COc1ccc(CCNC(=O)c2ccnc(CN)c2)cc1.Cl. The molecule has 3 N–H and O–H groups in total. The van der Waals surface area contributed by atoms with Gasteiger partial charge in [0.05, 0.1) is 12.8 Å². The van der Waals surface area contributed by atoms with Gasteiger partial charge in [0, 0.05) is 24.8 Å². The van der Waals surface area contributed by atoms with Gasteiger partial charge in [-0.15, -0.1) is 12.4 Å². The summed E-state index contributed by atoms with van der Waals surface area (Å²) in [6.45, 7) is 0.901. The van der Waals surface area contributed by atoms with Crippen LogP contribution >= 0.6 is 12.4 Å². The van der Waals surface area contributed by atoms with Gasteiger partial charge in [0.25, 0.3) is 5.91 Å². The first kappa shape index (κ1) is 17.9.